The SMILES string of the molecule is Cc1ccc(NC(=O)CC2[NH2+]CCNC2=O)cc1. The first-order valence-electron chi connectivity index (χ1n) is 6.13. The number of quaternary nitrogens is 1. The zero-order chi connectivity index (χ0) is 13.0. The van der Waals surface area contributed by atoms with Crippen LogP contribution < -0.4 is 16.0 Å². The first kappa shape index (κ1) is 12.6. The fourth-order valence-corrected chi connectivity index (χ4v) is 1.94. The van der Waals surface area contributed by atoms with E-state index in [0.29, 0.717) is 6.54 Å². The summed E-state index contributed by atoms with van der Waals surface area (Å²) >= 11 is 0. The normalized spacial score (nSPS) is 19.2. The molecular formula is C13H18N3O2+. The monoisotopic (exact) mass is 248 g/mol. The van der Waals surface area contributed by atoms with Crippen molar-refractivity contribution in [3.05, 3.63) is 29.8 Å². The van der Waals surface area contributed by atoms with Gasteiger partial charge in [-0.2, -0.15) is 0 Å². The van der Waals surface area contributed by atoms with Crippen LogP contribution in [0, 0.1) is 6.92 Å². The minimum atomic E-state index is -0.302. The molecule has 1 heterocycles. The number of amides is 2. The molecule has 5 heteroatoms. The van der Waals surface area contributed by atoms with E-state index in [1.165, 1.54) is 0 Å². The number of nitrogens with one attached hydrogen (secondary N) is 2. The molecule has 0 bridgehead atoms. The fraction of sp³-hybridized carbons (Fsp3) is 0.385. The van der Waals surface area contributed by atoms with Gasteiger partial charge in [0, 0.05) is 5.69 Å². The molecule has 2 amide bonds. The van der Waals surface area contributed by atoms with Crippen molar-refractivity contribution in [1.82, 2.24) is 5.32 Å². The second-order valence-corrected chi connectivity index (χ2v) is 4.54. The van der Waals surface area contributed by atoms with Gasteiger partial charge in [-0.1, -0.05) is 17.7 Å². The third-order valence-corrected chi connectivity index (χ3v) is 2.97. The summed E-state index contributed by atoms with van der Waals surface area (Å²) in [6.45, 7) is 3.50. The lowest BCUT2D eigenvalue weighted by molar-refractivity contribution is -0.678. The van der Waals surface area contributed by atoms with Gasteiger partial charge in [-0.05, 0) is 19.1 Å². The van der Waals surface area contributed by atoms with Crippen LogP contribution in [0.1, 0.15) is 12.0 Å². The Morgan fingerprint density at radius 2 is 2.17 bits per heavy atom. The molecule has 1 saturated heterocycles. The summed E-state index contributed by atoms with van der Waals surface area (Å²) < 4.78 is 0. The molecule has 96 valence electrons. The van der Waals surface area contributed by atoms with Crippen molar-refractivity contribution in [1.29, 1.82) is 0 Å². The van der Waals surface area contributed by atoms with Crippen molar-refractivity contribution in [3.8, 4) is 0 Å². The van der Waals surface area contributed by atoms with Crippen LogP contribution in [-0.2, 0) is 9.59 Å². The van der Waals surface area contributed by atoms with Crippen LogP contribution in [0.4, 0.5) is 5.69 Å². The highest BCUT2D eigenvalue weighted by Gasteiger charge is 2.27. The minimum absolute atomic E-state index is 0.0553. The maximum absolute atomic E-state index is 11.8. The number of benzene rings is 1. The van der Waals surface area contributed by atoms with Gasteiger partial charge in [-0.25, -0.2) is 0 Å². The van der Waals surface area contributed by atoms with Crippen LogP contribution in [0.15, 0.2) is 24.3 Å². The van der Waals surface area contributed by atoms with E-state index >= 15 is 0 Å². The number of rotatable bonds is 3. The second kappa shape index (κ2) is 5.64. The Kier molecular flexibility index (Phi) is 3.94. The molecule has 0 aliphatic carbocycles. The van der Waals surface area contributed by atoms with Crippen molar-refractivity contribution >= 4 is 17.5 Å². The van der Waals surface area contributed by atoms with Crippen LogP contribution >= 0.6 is 0 Å². The highest BCUT2D eigenvalue weighted by atomic mass is 16.2. The van der Waals surface area contributed by atoms with Gasteiger partial charge in [0.25, 0.3) is 5.91 Å². The molecule has 1 aromatic carbocycles. The lowest BCUT2D eigenvalue weighted by Crippen LogP contribution is -2.96. The third-order valence-electron chi connectivity index (χ3n) is 2.97. The summed E-state index contributed by atoms with van der Waals surface area (Å²) in [6, 6.07) is 7.30. The van der Waals surface area contributed by atoms with Gasteiger partial charge in [-0.15, -0.1) is 0 Å². The molecule has 1 aliphatic heterocycles. The molecule has 0 saturated carbocycles. The average Bonchev–Trinajstić information content (AvgIpc) is 2.35. The Bertz CT molecular complexity index is 442. The number of carbonyl (C=O) groups is 2. The molecule has 4 N–H and O–H groups in total. The molecule has 1 unspecified atom stereocenters. The standard InChI is InChI=1S/C13H17N3O2/c1-9-2-4-10(5-3-9)16-12(17)8-11-13(18)15-7-6-14-11/h2-5,11,14H,6-8H2,1H3,(H,15,18)(H,16,17)/p+1. The van der Waals surface area contributed by atoms with E-state index in [1.54, 1.807) is 0 Å². The summed E-state index contributed by atoms with van der Waals surface area (Å²) in [5, 5.41) is 7.47. The van der Waals surface area contributed by atoms with Crippen LogP contribution in [0.25, 0.3) is 0 Å². The second-order valence-electron chi connectivity index (χ2n) is 4.54. The predicted molar refractivity (Wildman–Crippen MR) is 68.0 cm³/mol. The van der Waals surface area contributed by atoms with E-state index in [0.717, 1.165) is 17.8 Å². The van der Waals surface area contributed by atoms with E-state index in [9.17, 15) is 9.59 Å². The highest BCUT2D eigenvalue weighted by Crippen LogP contribution is 2.09. The van der Waals surface area contributed by atoms with Gasteiger partial charge in [0.1, 0.15) is 0 Å². The zero-order valence-electron chi connectivity index (χ0n) is 10.4. The van der Waals surface area contributed by atoms with Crippen molar-refractivity contribution in [3.63, 3.8) is 0 Å². The van der Waals surface area contributed by atoms with E-state index < -0.39 is 0 Å². The molecule has 1 atom stereocenters. The van der Waals surface area contributed by atoms with E-state index in [1.807, 2.05) is 36.5 Å². The summed E-state index contributed by atoms with van der Waals surface area (Å²) in [7, 11) is 0. The van der Waals surface area contributed by atoms with Crippen LogP contribution in [-0.4, -0.2) is 30.9 Å². The number of nitrogens with two attached hydrogens (primary N) is 1. The van der Waals surface area contributed by atoms with Crippen LogP contribution in [0.3, 0.4) is 0 Å². The molecule has 1 aromatic rings. The van der Waals surface area contributed by atoms with Gasteiger partial charge in [0.05, 0.1) is 19.5 Å². The number of hydrogen-bond donors (Lipinski definition) is 3. The lowest BCUT2D eigenvalue weighted by atomic mass is 10.1. The average molecular weight is 248 g/mol. The quantitative estimate of drug-likeness (QED) is 0.667. The topological polar surface area (TPSA) is 74.8 Å². The largest absolute Gasteiger partial charge is 0.345 e. The fourth-order valence-electron chi connectivity index (χ4n) is 1.94. The van der Waals surface area contributed by atoms with Crippen LogP contribution in [0.5, 0.6) is 0 Å². The zero-order valence-corrected chi connectivity index (χ0v) is 10.4. The predicted octanol–water partition coefficient (Wildman–Crippen LogP) is -0.615. The Morgan fingerprint density at radius 1 is 1.44 bits per heavy atom. The summed E-state index contributed by atoms with van der Waals surface area (Å²) in [4.78, 5) is 23.3. The Balaban J connectivity index is 1.88. The number of piperazine rings is 1. The summed E-state index contributed by atoms with van der Waals surface area (Å²) in [6.07, 6.45) is 0.208. The minimum Gasteiger partial charge on any atom is -0.345 e. The van der Waals surface area contributed by atoms with Crippen molar-refractivity contribution in [2.45, 2.75) is 19.4 Å². The lowest BCUT2D eigenvalue weighted by Gasteiger charge is -2.19. The highest BCUT2D eigenvalue weighted by molar-refractivity contribution is 5.94. The van der Waals surface area contributed by atoms with Crippen molar-refractivity contribution in [2.24, 2.45) is 0 Å². The van der Waals surface area contributed by atoms with E-state index in [4.69, 9.17) is 0 Å². The maximum Gasteiger partial charge on any atom is 0.278 e. The number of aryl methyl sites for hydroxylation is 1. The number of carbonyl (C=O) groups excluding carboxylic acids is 2. The molecular weight excluding hydrogens is 230 g/mol. The Hall–Kier alpha value is -1.88. The van der Waals surface area contributed by atoms with Crippen molar-refractivity contribution < 1.29 is 14.9 Å². The molecule has 0 spiro atoms. The number of anilines is 1. The molecule has 0 radical (unpaired) electrons. The molecule has 0 aromatic heterocycles. The molecule has 1 aliphatic rings. The smallest absolute Gasteiger partial charge is 0.278 e. The molecule has 5 nitrogen and oxygen atoms in total. The third kappa shape index (κ3) is 3.30. The van der Waals surface area contributed by atoms with Gasteiger partial charge < -0.3 is 16.0 Å². The summed E-state index contributed by atoms with van der Waals surface area (Å²) in [5.74, 6) is -0.183. The van der Waals surface area contributed by atoms with Gasteiger partial charge >= 0.3 is 0 Å². The van der Waals surface area contributed by atoms with Crippen LogP contribution in [0.2, 0.25) is 0 Å². The van der Waals surface area contributed by atoms with Gasteiger partial charge in [0.2, 0.25) is 5.91 Å². The summed E-state index contributed by atoms with van der Waals surface area (Å²) in [5.41, 5.74) is 1.91. The van der Waals surface area contributed by atoms with Gasteiger partial charge in [0.15, 0.2) is 6.04 Å². The van der Waals surface area contributed by atoms with Gasteiger partial charge in [-0.3, -0.25) is 9.59 Å². The van der Waals surface area contributed by atoms with E-state index in [2.05, 4.69) is 10.6 Å². The first-order valence-corrected chi connectivity index (χ1v) is 6.13. The Labute approximate surface area is 106 Å². The molecule has 2 rings (SSSR count). The van der Waals surface area contributed by atoms with E-state index in [-0.39, 0.29) is 24.3 Å². The van der Waals surface area contributed by atoms with Crippen molar-refractivity contribution in [2.75, 3.05) is 18.4 Å². The molecule has 1 fully saturated rings. The Morgan fingerprint density at radius 3 is 2.83 bits per heavy atom. The number of hydrogen-bond acceptors (Lipinski definition) is 2. The maximum atomic E-state index is 11.8. The first-order chi connectivity index (χ1) is 8.65. The molecule has 18 heavy (non-hydrogen) atoms.